The van der Waals surface area contributed by atoms with Crippen molar-refractivity contribution >= 4 is 30.6 Å². The van der Waals surface area contributed by atoms with Gasteiger partial charge in [0.25, 0.3) is 11.4 Å². The number of nitro groups is 2. The van der Waals surface area contributed by atoms with E-state index in [2.05, 4.69) is 43.4 Å². The zero-order valence-electron chi connectivity index (χ0n) is 17.4. The summed E-state index contributed by atoms with van der Waals surface area (Å²) in [7, 11) is -1.49. The first-order valence-corrected chi connectivity index (χ1v) is 13.0. The van der Waals surface area contributed by atoms with Gasteiger partial charge in [0, 0.05) is 12.1 Å². The molecular weight excluding hydrogens is 420 g/mol. The molecule has 0 amide bonds. The lowest BCUT2D eigenvalue weighted by Crippen LogP contribution is -2.50. The minimum atomic E-state index is -1.49. The molecular formula is C21H26N2O7Si. The van der Waals surface area contributed by atoms with Crippen LogP contribution in [0.2, 0.25) is 18.6 Å². The van der Waals surface area contributed by atoms with E-state index in [4.69, 9.17) is 5.11 Å². The van der Waals surface area contributed by atoms with E-state index in [0.29, 0.717) is 11.6 Å². The number of carbonyl (C=O) groups is 1. The maximum Gasteiger partial charge on any atom is 0.336 e. The van der Waals surface area contributed by atoms with Crippen LogP contribution in [0.4, 0.5) is 11.4 Å². The molecule has 3 rings (SSSR count). The van der Waals surface area contributed by atoms with Gasteiger partial charge in [0.2, 0.25) is 0 Å². The normalized spacial score (nSPS) is 18.4. The number of nitro benzene ring substituents is 2. The highest BCUT2D eigenvalue weighted by molar-refractivity contribution is 6.91. The third-order valence-corrected chi connectivity index (χ3v) is 10.1. The first-order valence-electron chi connectivity index (χ1n) is 9.94. The predicted molar refractivity (Wildman–Crippen MR) is 118 cm³/mol. The maximum absolute atomic E-state index is 10.5. The summed E-state index contributed by atoms with van der Waals surface area (Å²) < 4.78 is 0. The highest BCUT2D eigenvalue weighted by Gasteiger charge is 2.39. The zero-order valence-corrected chi connectivity index (χ0v) is 18.4. The summed E-state index contributed by atoms with van der Waals surface area (Å²) in [6.45, 7) is 4.81. The first-order chi connectivity index (χ1) is 14.5. The number of aliphatic hydroxyl groups excluding tert-OH is 1. The van der Waals surface area contributed by atoms with Crippen molar-refractivity contribution in [2.75, 3.05) is 0 Å². The summed E-state index contributed by atoms with van der Waals surface area (Å²) in [4.78, 5) is 29.4. The van der Waals surface area contributed by atoms with Gasteiger partial charge in [-0.3, -0.25) is 20.2 Å². The Labute approximate surface area is 180 Å². The molecule has 1 aliphatic carbocycles. The molecule has 2 unspecified atom stereocenters. The lowest BCUT2D eigenvalue weighted by Gasteiger charge is -2.39. The zero-order chi connectivity index (χ0) is 23.2. The number of carboxylic acid groups (broad SMARTS) is 1. The highest BCUT2D eigenvalue weighted by atomic mass is 28.3. The van der Waals surface area contributed by atoms with Crippen molar-refractivity contribution in [2.24, 2.45) is 0 Å². The van der Waals surface area contributed by atoms with Gasteiger partial charge < -0.3 is 10.2 Å². The van der Waals surface area contributed by atoms with E-state index >= 15 is 0 Å². The molecule has 0 aliphatic heterocycles. The molecule has 0 aromatic heterocycles. The van der Waals surface area contributed by atoms with Crippen LogP contribution < -0.4 is 5.19 Å². The summed E-state index contributed by atoms with van der Waals surface area (Å²) in [5.41, 5.74) is -1.19. The van der Waals surface area contributed by atoms with Crippen LogP contribution in [0.1, 0.15) is 36.0 Å². The monoisotopic (exact) mass is 446 g/mol. The van der Waals surface area contributed by atoms with Crippen molar-refractivity contribution in [2.45, 2.75) is 50.4 Å². The molecule has 2 N–H and O–H groups in total. The minimum absolute atomic E-state index is 0.0596. The van der Waals surface area contributed by atoms with Gasteiger partial charge in [-0.15, -0.1) is 0 Å². The van der Waals surface area contributed by atoms with Gasteiger partial charge >= 0.3 is 5.97 Å². The molecule has 2 aromatic carbocycles. The van der Waals surface area contributed by atoms with Gasteiger partial charge in [0.1, 0.15) is 0 Å². The average Bonchev–Trinajstić information content (AvgIpc) is 2.74. The predicted octanol–water partition coefficient (Wildman–Crippen LogP) is 4.11. The Balaban J connectivity index is 0.000000221. The van der Waals surface area contributed by atoms with E-state index in [0.717, 1.165) is 18.6 Å². The molecule has 0 bridgehead atoms. The summed E-state index contributed by atoms with van der Waals surface area (Å²) in [6.07, 6.45) is 4.67. The lowest BCUT2D eigenvalue weighted by molar-refractivity contribution is -0.394. The Kier molecular flexibility index (Phi) is 8.00. The van der Waals surface area contributed by atoms with Gasteiger partial charge in [-0.2, -0.15) is 0 Å². The van der Waals surface area contributed by atoms with E-state index < -0.39 is 40.8 Å². The second kappa shape index (κ2) is 10.3. The van der Waals surface area contributed by atoms with Crippen molar-refractivity contribution in [3.05, 3.63) is 74.3 Å². The van der Waals surface area contributed by atoms with Crippen molar-refractivity contribution in [3.8, 4) is 0 Å². The average molecular weight is 447 g/mol. The van der Waals surface area contributed by atoms with Gasteiger partial charge in [-0.25, -0.2) is 4.79 Å². The minimum Gasteiger partial charge on any atom is -0.478 e. The van der Waals surface area contributed by atoms with Crippen molar-refractivity contribution in [3.63, 3.8) is 0 Å². The van der Waals surface area contributed by atoms with Crippen molar-refractivity contribution < 1.29 is 24.9 Å². The smallest absolute Gasteiger partial charge is 0.336 e. The van der Waals surface area contributed by atoms with Crippen LogP contribution in [0, 0.1) is 20.2 Å². The third kappa shape index (κ3) is 6.19. The largest absolute Gasteiger partial charge is 0.478 e. The van der Waals surface area contributed by atoms with Crippen LogP contribution in [-0.2, 0) is 0 Å². The van der Waals surface area contributed by atoms with Crippen LogP contribution in [0.3, 0.4) is 0 Å². The quantitative estimate of drug-likeness (QED) is 0.399. The SMILES string of the molecule is C[Si](C)(c1ccccc1)C1CCCCC1O.O=C(O)c1cc([N+](=O)[O-])cc([N+](=O)[O-])c1. The van der Waals surface area contributed by atoms with Gasteiger partial charge in [-0.05, 0) is 12.0 Å². The number of hydrogen-bond acceptors (Lipinski definition) is 6. The molecule has 31 heavy (non-hydrogen) atoms. The standard InChI is InChI=1S/C14H22OSi.C7H4N2O6/c1-16(2,12-8-4-3-5-9-12)14-11-7-6-10-13(14)15;10-7(11)4-1-5(8(12)13)3-6(2-4)9(14)15/h3-5,8-9,13-15H,6-7,10-11H2,1-2H3;1-3H,(H,10,11). The summed E-state index contributed by atoms with van der Waals surface area (Å²) in [6, 6.07) is 13.0. The lowest BCUT2D eigenvalue weighted by atomic mass is 9.97. The molecule has 1 aliphatic rings. The van der Waals surface area contributed by atoms with Crippen molar-refractivity contribution in [1.29, 1.82) is 0 Å². The number of carboxylic acids is 1. The van der Waals surface area contributed by atoms with Crippen LogP contribution in [0.15, 0.2) is 48.5 Å². The Morgan fingerprint density at radius 1 is 0.968 bits per heavy atom. The van der Waals surface area contributed by atoms with E-state index in [1.54, 1.807) is 0 Å². The maximum atomic E-state index is 10.5. The molecule has 2 aromatic rings. The number of rotatable bonds is 5. The van der Waals surface area contributed by atoms with Crippen LogP contribution >= 0.6 is 0 Å². The molecule has 1 fully saturated rings. The summed E-state index contributed by atoms with van der Waals surface area (Å²) in [5, 5.41) is 40.9. The fourth-order valence-electron chi connectivity index (χ4n) is 3.96. The molecule has 166 valence electrons. The molecule has 0 heterocycles. The van der Waals surface area contributed by atoms with E-state index in [1.165, 1.54) is 24.4 Å². The number of nitrogens with zero attached hydrogens (tertiary/aromatic N) is 2. The fourth-order valence-corrected chi connectivity index (χ4v) is 7.50. The summed E-state index contributed by atoms with van der Waals surface area (Å²) >= 11 is 0. The number of aromatic carboxylic acids is 1. The third-order valence-electron chi connectivity index (χ3n) is 5.75. The van der Waals surface area contributed by atoms with E-state index in [-0.39, 0.29) is 6.10 Å². The molecule has 0 spiro atoms. The van der Waals surface area contributed by atoms with Gasteiger partial charge in [0.15, 0.2) is 0 Å². The number of hydrogen-bond donors (Lipinski definition) is 2. The van der Waals surface area contributed by atoms with E-state index in [9.17, 15) is 30.1 Å². The first kappa shape index (κ1) is 24.2. The van der Waals surface area contributed by atoms with Crippen LogP contribution in [-0.4, -0.2) is 40.2 Å². The summed E-state index contributed by atoms with van der Waals surface area (Å²) in [5.74, 6) is -1.46. The Morgan fingerprint density at radius 3 is 1.94 bits per heavy atom. The second-order valence-electron chi connectivity index (χ2n) is 8.10. The number of benzene rings is 2. The number of non-ortho nitro benzene ring substituents is 2. The number of aliphatic hydroxyl groups is 1. The molecule has 2 atom stereocenters. The fraction of sp³-hybridized carbons (Fsp3) is 0.381. The molecule has 0 radical (unpaired) electrons. The van der Waals surface area contributed by atoms with Gasteiger partial charge in [0.05, 0.1) is 35.7 Å². The molecule has 1 saturated carbocycles. The van der Waals surface area contributed by atoms with Crippen LogP contribution in [0.5, 0.6) is 0 Å². The molecule has 9 nitrogen and oxygen atoms in total. The molecule has 0 saturated heterocycles. The highest BCUT2D eigenvalue weighted by Crippen LogP contribution is 2.37. The Hall–Kier alpha value is -3.11. The Bertz CT molecular complexity index is 871. The van der Waals surface area contributed by atoms with Crippen molar-refractivity contribution in [1.82, 2.24) is 0 Å². The Morgan fingerprint density at radius 2 is 1.48 bits per heavy atom. The second-order valence-corrected chi connectivity index (χ2v) is 12.9. The van der Waals surface area contributed by atoms with E-state index in [1.807, 2.05) is 0 Å². The van der Waals surface area contributed by atoms with Gasteiger partial charge in [-0.1, -0.05) is 67.9 Å². The van der Waals surface area contributed by atoms with Crippen LogP contribution in [0.25, 0.3) is 0 Å². The molecule has 10 heteroatoms. The topological polar surface area (TPSA) is 144 Å².